The first-order valence-electron chi connectivity index (χ1n) is 12.9. The molecule has 63 heavy (non-hydrogen) atoms. The Morgan fingerprint density at radius 3 is 0.349 bits per heavy atom. The molecule has 0 aromatic rings. The first-order chi connectivity index (χ1) is 26.2. The summed E-state index contributed by atoms with van der Waals surface area (Å²) in [6, 6.07) is 0. The minimum atomic E-state index is -10.6. The lowest BCUT2D eigenvalue weighted by Crippen LogP contribution is -2.85. The predicted molar refractivity (Wildman–Crippen MR) is 104 cm³/mol. The monoisotopic (exact) mass is 1050 g/mol. The fraction of sp³-hybridized carbons (Fsp3) is 1.00. The van der Waals surface area contributed by atoms with Gasteiger partial charge in [0, 0.05) is 0 Å². The summed E-state index contributed by atoms with van der Waals surface area (Å²) in [6.07, 6.45) is -36.6. The van der Waals surface area contributed by atoms with E-state index in [-0.39, 0.29) is 0 Å². The standard InChI is InChI=1S/C20HF42N/c21-1(22,5(29,30)9(37,38)13(45,46)17(51,52)53)3(25,26)7(33,34)11(41,42)15(49,19(57,58)59)63-16(50,20(60,61)62)12(43,44)8(35,36)4(27,28)2(23,24)6(31,32)10(39,40)14(47,48)18(54,55)56/h63H. The third-order valence-electron chi connectivity index (χ3n) is 7.44. The van der Waals surface area contributed by atoms with Gasteiger partial charge in [0.1, 0.15) is 0 Å². The van der Waals surface area contributed by atoms with Crippen LogP contribution in [0.25, 0.3) is 0 Å². The van der Waals surface area contributed by atoms with Crippen LogP contribution in [0.1, 0.15) is 0 Å². The highest BCUT2D eigenvalue weighted by Gasteiger charge is 3.01. The number of nitrogens with one attached hydrogen (secondary N) is 1. The second-order valence-electron chi connectivity index (χ2n) is 11.5. The molecule has 0 spiro atoms. The fourth-order valence-electron chi connectivity index (χ4n) is 3.65. The van der Waals surface area contributed by atoms with E-state index < -0.39 is 125 Å². The van der Waals surface area contributed by atoms with E-state index in [9.17, 15) is 184 Å². The van der Waals surface area contributed by atoms with E-state index >= 15 is 0 Å². The van der Waals surface area contributed by atoms with Crippen molar-refractivity contribution in [1.29, 1.82) is 0 Å². The van der Waals surface area contributed by atoms with Crippen LogP contribution in [0.2, 0.25) is 0 Å². The summed E-state index contributed by atoms with van der Waals surface area (Å²) in [6.45, 7) is 0. The molecule has 0 amide bonds. The van der Waals surface area contributed by atoms with E-state index in [0.29, 0.717) is 0 Å². The topological polar surface area (TPSA) is 12.0 Å². The highest BCUT2D eigenvalue weighted by atomic mass is 19.5. The summed E-state index contributed by atoms with van der Waals surface area (Å²) in [5.74, 6) is -162. The molecule has 380 valence electrons. The maximum absolute atomic E-state index is 14.7. The summed E-state index contributed by atoms with van der Waals surface area (Å²) in [5, 5.41) is -3.56. The molecule has 0 aliphatic heterocycles. The average molecular weight is 1050 g/mol. The zero-order valence-corrected chi connectivity index (χ0v) is 26.4. The first kappa shape index (κ1) is 60.0. The maximum atomic E-state index is 14.7. The van der Waals surface area contributed by atoms with Gasteiger partial charge < -0.3 is 0 Å². The van der Waals surface area contributed by atoms with Crippen molar-refractivity contribution in [1.82, 2.24) is 5.32 Å². The second-order valence-corrected chi connectivity index (χ2v) is 11.5. The second kappa shape index (κ2) is 14.3. The Morgan fingerprint density at radius 1 is 0.127 bits per heavy atom. The number of hydrogen-bond donors (Lipinski definition) is 1. The molecule has 0 aliphatic rings. The largest absolute Gasteiger partial charge is 0.460 e. The molecule has 0 aromatic carbocycles. The third-order valence-corrected chi connectivity index (χ3v) is 7.44. The van der Waals surface area contributed by atoms with Crippen LogP contribution in [0.3, 0.4) is 0 Å². The van der Waals surface area contributed by atoms with Crippen LogP contribution >= 0.6 is 0 Å². The molecule has 0 saturated heterocycles. The van der Waals surface area contributed by atoms with Crippen molar-refractivity contribution in [3.05, 3.63) is 0 Å². The summed E-state index contributed by atoms with van der Waals surface area (Å²) < 4.78 is 565. The number of hydrogen-bond acceptors (Lipinski definition) is 1. The Kier molecular flexibility index (Phi) is 13.6. The van der Waals surface area contributed by atoms with E-state index in [2.05, 4.69) is 0 Å². The van der Waals surface area contributed by atoms with Crippen molar-refractivity contribution < 1.29 is 184 Å². The van der Waals surface area contributed by atoms with Gasteiger partial charge in [-0.25, -0.2) is 14.1 Å². The lowest BCUT2D eigenvalue weighted by molar-refractivity contribution is -0.484. The van der Waals surface area contributed by atoms with Gasteiger partial charge in [-0.2, -0.15) is 176 Å². The SMILES string of the molecule is FC(F)(F)C(F)(F)C(F)(F)C(F)(F)C(F)(F)C(F)(F)C(F)(F)C(F)(F)C(F)(NC(F)(C(F)(F)F)C(F)(F)C(F)(F)C(F)(F)C(F)(F)C(F)(F)C(F)(F)C(F)(F)C(F)(F)F)C(F)(F)F. The van der Waals surface area contributed by atoms with Gasteiger partial charge in [0.05, 0.1) is 0 Å². The lowest BCUT2D eigenvalue weighted by Gasteiger charge is -2.49. The van der Waals surface area contributed by atoms with E-state index in [1.807, 2.05) is 0 Å². The Bertz CT molecular complexity index is 1520. The van der Waals surface area contributed by atoms with E-state index in [4.69, 9.17) is 0 Å². The van der Waals surface area contributed by atoms with Crippen LogP contribution in [-0.2, 0) is 0 Å². The van der Waals surface area contributed by atoms with Crippen molar-refractivity contribution in [2.45, 2.75) is 119 Å². The molecule has 1 N–H and O–H groups in total. The molecular weight excluding hydrogens is 1050 g/mol. The van der Waals surface area contributed by atoms with Gasteiger partial charge in [-0.1, -0.05) is 0 Å². The summed E-state index contributed by atoms with van der Waals surface area (Å²) >= 11 is 0. The van der Waals surface area contributed by atoms with Crippen LogP contribution < -0.4 is 5.32 Å². The quantitative estimate of drug-likeness (QED) is 0.120. The molecule has 0 heterocycles. The molecule has 0 rings (SSSR count). The van der Waals surface area contributed by atoms with Crippen LogP contribution in [0.4, 0.5) is 184 Å². The molecule has 1 nitrogen and oxygen atoms in total. The van der Waals surface area contributed by atoms with Gasteiger partial charge in [-0.3, -0.25) is 0 Å². The molecule has 0 fully saturated rings. The van der Waals surface area contributed by atoms with Crippen molar-refractivity contribution >= 4 is 0 Å². The van der Waals surface area contributed by atoms with Gasteiger partial charge >= 0.3 is 119 Å². The first-order valence-corrected chi connectivity index (χ1v) is 12.9. The molecule has 2 unspecified atom stereocenters. The van der Waals surface area contributed by atoms with Crippen LogP contribution in [0.15, 0.2) is 0 Å². The minimum absolute atomic E-state index is 3.56. The summed E-state index contributed by atoms with van der Waals surface area (Å²) in [5.41, 5.74) is 0. The molecule has 43 heteroatoms. The average Bonchev–Trinajstić information content (AvgIpc) is 3.00. The Morgan fingerprint density at radius 2 is 0.238 bits per heavy atom. The molecule has 2 atom stereocenters. The third kappa shape index (κ3) is 7.05. The van der Waals surface area contributed by atoms with E-state index in [1.165, 1.54) is 0 Å². The lowest BCUT2D eigenvalue weighted by atomic mass is 9.84. The smallest absolute Gasteiger partial charge is 0.226 e. The maximum Gasteiger partial charge on any atom is 0.460 e. The van der Waals surface area contributed by atoms with Crippen LogP contribution in [-0.4, -0.2) is 119 Å². The molecule has 0 aromatic heterocycles. The zero-order valence-electron chi connectivity index (χ0n) is 26.4. The summed E-state index contributed by atoms with van der Waals surface area (Å²) in [4.78, 5) is 0. The van der Waals surface area contributed by atoms with Crippen molar-refractivity contribution in [2.75, 3.05) is 0 Å². The van der Waals surface area contributed by atoms with Gasteiger partial charge in [-0.15, -0.1) is 0 Å². The number of rotatable bonds is 16. The fourth-order valence-corrected chi connectivity index (χ4v) is 3.65. The van der Waals surface area contributed by atoms with Crippen LogP contribution in [0.5, 0.6) is 0 Å². The van der Waals surface area contributed by atoms with Crippen molar-refractivity contribution in [3.63, 3.8) is 0 Å². The van der Waals surface area contributed by atoms with Gasteiger partial charge in [0.15, 0.2) is 0 Å². The minimum Gasteiger partial charge on any atom is -0.226 e. The zero-order chi connectivity index (χ0) is 52.7. The Labute approximate surface area is 310 Å². The van der Waals surface area contributed by atoms with Gasteiger partial charge in [0.2, 0.25) is 0 Å². The molecular formula is C20HF42N. The highest BCUT2D eigenvalue weighted by Crippen LogP contribution is 2.69. The molecule has 0 bridgehead atoms. The molecule has 0 saturated carbocycles. The van der Waals surface area contributed by atoms with Gasteiger partial charge in [0.25, 0.3) is 0 Å². The molecule has 0 aliphatic carbocycles. The van der Waals surface area contributed by atoms with Crippen molar-refractivity contribution in [2.24, 2.45) is 0 Å². The van der Waals surface area contributed by atoms with E-state index in [0.717, 1.165) is 0 Å². The van der Waals surface area contributed by atoms with Crippen LogP contribution in [0, 0.1) is 0 Å². The predicted octanol–water partition coefficient (Wildman–Crippen LogP) is 13.1. The molecule has 0 radical (unpaired) electrons. The Balaban J connectivity index is 8.48. The summed E-state index contributed by atoms with van der Waals surface area (Å²) in [7, 11) is 0. The number of halogens is 42. The Hall–Kier alpha value is -2.98. The van der Waals surface area contributed by atoms with E-state index in [1.54, 1.807) is 0 Å². The normalized spacial score (nSPS) is 19.0. The number of alkyl halides is 42. The van der Waals surface area contributed by atoms with Gasteiger partial charge in [-0.05, 0) is 0 Å². The van der Waals surface area contributed by atoms with Crippen molar-refractivity contribution in [3.8, 4) is 0 Å². The highest BCUT2D eigenvalue weighted by molar-refractivity contribution is 5.23.